The van der Waals surface area contributed by atoms with E-state index in [9.17, 15) is 0 Å². The maximum absolute atomic E-state index is 3.66. The van der Waals surface area contributed by atoms with Gasteiger partial charge in [0.2, 0.25) is 0 Å². The molecular formula is C40H28N2. The fourth-order valence-electron chi connectivity index (χ4n) is 6.24. The molecule has 1 aromatic heterocycles. The average Bonchev–Trinajstić information content (AvgIpc) is 3.39. The van der Waals surface area contributed by atoms with Crippen LogP contribution in [0.15, 0.2) is 164 Å². The third-order valence-corrected chi connectivity index (χ3v) is 8.16. The monoisotopic (exact) mass is 536 g/mol. The highest BCUT2D eigenvalue weighted by molar-refractivity contribution is 6.10. The molecular weight excluding hydrogens is 508 g/mol. The average molecular weight is 537 g/mol. The van der Waals surface area contributed by atoms with E-state index in [0.29, 0.717) is 0 Å². The molecule has 0 aliphatic rings. The molecule has 0 atom stereocenters. The predicted octanol–water partition coefficient (Wildman–Crippen LogP) is 11.0. The molecule has 0 radical (unpaired) electrons. The van der Waals surface area contributed by atoms with Crippen LogP contribution in [0.2, 0.25) is 0 Å². The number of anilines is 2. The van der Waals surface area contributed by atoms with Gasteiger partial charge in [0.05, 0.1) is 11.0 Å². The van der Waals surface area contributed by atoms with Crippen LogP contribution in [0.4, 0.5) is 11.4 Å². The van der Waals surface area contributed by atoms with E-state index in [2.05, 4.69) is 174 Å². The van der Waals surface area contributed by atoms with Crippen molar-refractivity contribution in [3.63, 3.8) is 0 Å². The molecule has 0 fully saturated rings. The molecule has 2 nitrogen and oxygen atoms in total. The van der Waals surface area contributed by atoms with E-state index >= 15 is 0 Å². The Hall–Kier alpha value is -5.60. The zero-order chi connectivity index (χ0) is 27.9. The first-order chi connectivity index (χ1) is 20.8. The van der Waals surface area contributed by atoms with Crippen molar-refractivity contribution in [1.82, 2.24) is 4.57 Å². The van der Waals surface area contributed by atoms with Crippen LogP contribution in [0.3, 0.4) is 0 Å². The van der Waals surface area contributed by atoms with Gasteiger partial charge in [-0.05, 0) is 75.5 Å². The standard InChI is InChI=1S/C40H28N2/c1-3-11-28(12-4-1)34-18-9-13-30-14-10-19-35(40(30)34)29-21-23-31(24-22-29)41-32-25-26-37-36-17-7-8-20-38(36)42(39(37)27-32)33-15-5-2-6-16-33/h1-27,41H. The van der Waals surface area contributed by atoms with Crippen molar-refractivity contribution in [3.8, 4) is 27.9 Å². The molecule has 42 heavy (non-hydrogen) atoms. The van der Waals surface area contributed by atoms with Gasteiger partial charge in [0.1, 0.15) is 0 Å². The lowest BCUT2D eigenvalue weighted by Crippen LogP contribution is -1.95. The van der Waals surface area contributed by atoms with Gasteiger partial charge in [-0.25, -0.2) is 0 Å². The Morgan fingerprint density at radius 3 is 1.74 bits per heavy atom. The summed E-state index contributed by atoms with van der Waals surface area (Å²) in [6.07, 6.45) is 0. The van der Waals surface area contributed by atoms with Crippen LogP contribution in [0, 0.1) is 0 Å². The highest BCUT2D eigenvalue weighted by atomic mass is 15.0. The molecule has 0 amide bonds. The summed E-state index contributed by atoms with van der Waals surface area (Å²) < 4.78 is 2.35. The third-order valence-electron chi connectivity index (χ3n) is 8.16. The topological polar surface area (TPSA) is 17.0 Å². The second-order valence-electron chi connectivity index (χ2n) is 10.7. The third kappa shape index (κ3) is 4.13. The first-order valence-corrected chi connectivity index (χ1v) is 14.4. The number of hydrogen-bond acceptors (Lipinski definition) is 1. The number of para-hydroxylation sites is 2. The number of fused-ring (bicyclic) bond motifs is 4. The summed E-state index contributed by atoms with van der Waals surface area (Å²) >= 11 is 0. The van der Waals surface area contributed by atoms with E-state index in [1.807, 2.05) is 0 Å². The Bertz CT molecular complexity index is 2190. The normalized spacial score (nSPS) is 11.3. The van der Waals surface area contributed by atoms with Crippen molar-refractivity contribution < 1.29 is 0 Å². The Balaban J connectivity index is 1.17. The van der Waals surface area contributed by atoms with Crippen LogP contribution in [-0.4, -0.2) is 4.57 Å². The highest BCUT2D eigenvalue weighted by Gasteiger charge is 2.13. The number of hydrogen-bond donors (Lipinski definition) is 1. The minimum atomic E-state index is 1.06. The van der Waals surface area contributed by atoms with E-state index in [4.69, 9.17) is 0 Å². The van der Waals surface area contributed by atoms with Crippen LogP contribution < -0.4 is 5.32 Å². The van der Waals surface area contributed by atoms with Gasteiger partial charge in [-0.3, -0.25) is 0 Å². The summed E-state index contributed by atoms with van der Waals surface area (Å²) in [6, 6.07) is 58.5. The van der Waals surface area contributed by atoms with Gasteiger partial charge in [0.15, 0.2) is 0 Å². The van der Waals surface area contributed by atoms with Gasteiger partial charge in [0.25, 0.3) is 0 Å². The number of nitrogens with zero attached hydrogens (tertiary/aromatic N) is 1. The van der Waals surface area contributed by atoms with Crippen LogP contribution in [0.5, 0.6) is 0 Å². The summed E-state index contributed by atoms with van der Waals surface area (Å²) in [5.74, 6) is 0. The van der Waals surface area contributed by atoms with E-state index in [1.54, 1.807) is 0 Å². The van der Waals surface area contributed by atoms with Gasteiger partial charge in [-0.1, -0.05) is 121 Å². The first kappa shape index (κ1) is 24.2. The Morgan fingerprint density at radius 1 is 0.405 bits per heavy atom. The Kier molecular flexibility index (Phi) is 5.82. The molecule has 2 heteroatoms. The molecule has 0 spiro atoms. The molecule has 198 valence electrons. The van der Waals surface area contributed by atoms with Crippen molar-refractivity contribution in [2.45, 2.75) is 0 Å². The second kappa shape index (κ2) is 10.1. The molecule has 1 N–H and O–H groups in total. The molecule has 8 rings (SSSR count). The molecule has 0 bridgehead atoms. The molecule has 0 saturated heterocycles. The molecule has 0 unspecified atom stereocenters. The van der Waals surface area contributed by atoms with E-state index in [1.165, 1.54) is 54.8 Å². The quantitative estimate of drug-likeness (QED) is 0.231. The maximum Gasteiger partial charge on any atom is 0.0561 e. The van der Waals surface area contributed by atoms with Crippen molar-refractivity contribution in [3.05, 3.63) is 164 Å². The molecule has 0 aliphatic carbocycles. The molecule has 8 aromatic rings. The van der Waals surface area contributed by atoms with Gasteiger partial charge in [-0.2, -0.15) is 0 Å². The Morgan fingerprint density at radius 2 is 1.00 bits per heavy atom. The van der Waals surface area contributed by atoms with Crippen molar-refractivity contribution >= 4 is 44.0 Å². The minimum absolute atomic E-state index is 1.06. The fraction of sp³-hybridized carbons (Fsp3) is 0. The predicted molar refractivity (Wildman–Crippen MR) is 179 cm³/mol. The zero-order valence-corrected chi connectivity index (χ0v) is 23.0. The SMILES string of the molecule is c1ccc(-c2cccc3cccc(-c4ccc(Nc5ccc6c7ccccc7n(-c7ccccc7)c6c5)cc4)c23)cc1. The second-order valence-corrected chi connectivity index (χ2v) is 10.7. The number of nitrogens with one attached hydrogen (secondary N) is 1. The lowest BCUT2D eigenvalue weighted by atomic mass is 9.91. The maximum atomic E-state index is 3.66. The van der Waals surface area contributed by atoms with E-state index in [-0.39, 0.29) is 0 Å². The van der Waals surface area contributed by atoms with Gasteiger partial charge >= 0.3 is 0 Å². The van der Waals surface area contributed by atoms with E-state index < -0.39 is 0 Å². The Labute approximate surface area is 245 Å². The lowest BCUT2D eigenvalue weighted by Gasteiger charge is -2.14. The largest absolute Gasteiger partial charge is 0.355 e. The van der Waals surface area contributed by atoms with Crippen LogP contribution in [0.25, 0.3) is 60.5 Å². The summed E-state index contributed by atoms with van der Waals surface area (Å²) in [6.45, 7) is 0. The summed E-state index contributed by atoms with van der Waals surface area (Å²) in [5.41, 5.74) is 10.6. The highest BCUT2D eigenvalue weighted by Crippen LogP contribution is 2.38. The smallest absolute Gasteiger partial charge is 0.0561 e. The first-order valence-electron chi connectivity index (χ1n) is 14.4. The summed E-state index contributed by atoms with van der Waals surface area (Å²) in [7, 11) is 0. The van der Waals surface area contributed by atoms with Gasteiger partial charge in [-0.15, -0.1) is 0 Å². The van der Waals surface area contributed by atoms with Gasteiger partial charge < -0.3 is 9.88 Å². The molecule has 0 aliphatic heterocycles. The number of benzene rings is 7. The summed E-state index contributed by atoms with van der Waals surface area (Å²) in [5, 5.41) is 8.70. The minimum Gasteiger partial charge on any atom is -0.355 e. The fourth-order valence-corrected chi connectivity index (χ4v) is 6.24. The summed E-state index contributed by atoms with van der Waals surface area (Å²) in [4.78, 5) is 0. The molecule has 0 saturated carbocycles. The van der Waals surface area contributed by atoms with Crippen LogP contribution in [0.1, 0.15) is 0 Å². The van der Waals surface area contributed by atoms with E-state index in [0.717, 1.165) is 17.1 Å². The number of rotatable bonds is 5. The number of aromatic nitrogens is 1. The van der Waals surface area contributed by atoms with Crippen LogP contribution >= 0.6 is 0 Å². The van der Waals surface area contributed by atoms with Gasteiger partial charge in [0, 0.05) is 27.8 Å². The van der Waals surface area contributed by atoms with Crippen molar-refractivity contribution in [2.75, 3.05) is 5.32 Å². The zero-order valence-electron chi connectivity index (χ0n) is 23.0. The molecule has 1 heterocycles. The van der Waals surface area contributed by atoms with Crippen molar-refractivity contribution in [2.24, 2.45) is 0 Å². The lowest BCUT2D eigenvalue weighted by molar-refractivity contribution is 1.18. The van der Waals surface area contributed by atoms with Crippen LogP contribution in [-0.2, 0) is 0 Å². The van der Waals surface area contributed by atoms with Crippen molar-refractivity contribution in [1.29, 1.82) is 0 Å². The molecule has 7 aromatic carbocycles.